The van der Waals surface area contributed by atoms with E-state index in [1.807, 2.05) is 0 Å². The van der Waals surface area contributed by atoms with Crippen LogP contribution in [0.15, 0.2) is 0 Å². The van der Waals surface area contributed by atoms with Gasteiger partial charge in [0.2, 0.25) is 0 Å². The lowest BCUT2D eigenvalue weighted by atomic mass is 9.80. The van der Waals surface area contributed by atoms with Crippen molar-refractivity contribution in [2.24, 2.45) is 22.7 Å². The van der Waals surface area contributed by atoms with Crippen molar-refractivity contribution in [1.29, 1.82) is 0 Å². The number of fused-ring (bicyclic) bond motifs is 2. The van der Waals surface area contributed by atoms with E-state index >= 15 is 0 Å². The lowest BCUT2D eigenvalue weighted by Gasteiger charge is -2.47. The van der Waals surface area contributed by atoms with E-state index in [1.54, 1.807) is 0 Å². The molecular weight excluding hydrogens is 400 g/mol. The summed E-state index contributed by atoms with van der Waals surface area (Å²) in [6.45, 7) is 28.9. The summed E-state index contributed by atoms with van der Waals surface area (Å²) in [5, 5.41) is 0. The van der Waals surface area contributed by atoms with Gasteiger partial charge < -0.3 is 0 Å². The number of hydrogen-bond acceptors (Lipinski definition) is 2. The molecule has 2 nitrogen and oxygen atoms in total. The van der Waals surface area contributed by atoms with Crippen LogP contribution in [0.1, 0.15) is 141 Å². The molecule has 0 N–H and O–H groups in total. The lowest BCUT2D eigenvalue weighted by Crippen LogP contribution is -2.53. The molecule has 0 bridgehead atoms. The van der Waals surface area contributed by atoms with Gasteiger partial charge in [-0.05, 0) is 103 Å². The van der Waals surface area contributed by atoms with Crippen molar-refractivity contribution in [1.82, 2.24) is 9.80 Å². The molecule has 4 rings (SSSR count). The molecule has 0 aromatic carbocycles. The van der Waals surface area contributed by atoms with Gasteiger partial charge in [-0.25, -0.2) is 0 Å². The van der Waals surface area contributed by atoms with E-state index in [1.165, 1.54) is 57.8 Å². The Morgan fingerprint density at radius 2 is 0.788 bits per heavy atom. The zero-order valence-electron chi connectivity index (χ0n) is 24.7. The molecule has 2 aliphatic carbocycles. The van der Waals surface area contributed by atoms with Crippen molar-refractivity contribution < 1.29 is 0 Å². The molecular formula is C31H60N2. The Morgan fingerprint density at radius 3 is 1.15 bits per heavy atom. The molecule has 2 saturated carbocycles. The first kappa shape index (κ1) is 27.5. The van der Waals surface area contributed by atoms with Crippen LogP contribution in [0, 0.1) is 22.7 Å². The average Bonchev–Trinajstić information content (AvgIpc) is 3.31. The van der Waals surface area contributed by atoms with E-state index in [-0.39, 0.29) is 0 Å². The minimum absolute atomic E-state index is 0.328. The fraction of sp³-hybridized carbons (Fsp3) is 1.00. The molecule has 6 atom stereocenters. The lowest BCUT2D eigenvalue weighted by molar-refractivity contribution is 0.0140. The predicted molar refractivity (Wildman–Crippen MR) is 146 cm³/mol. The molecule has 0 amide bonds. The molecule has 4 fully saturated rings. The highest BCUT2D eigenvalue weighted by Crippen LogP contribution is 2.50. The number of hydrogen-bond donors (Lipinski definition) is 0. The zero-order valence-corrected chi connectivity index (χ0v) is 24.7. The summed E-state index contributed by atoms with van der Waals surface area (Å²) in [7, 11) is 0. The number of nitrogens with zero attached hydrogens (tertiary/aromatic N) is 2. The van der Waals surface area contributed by atoms with E-state index in [0.717, 1.165) is 36.0 Å². The third-order valence-electron chi connectivity index (χ3n) is 9.47. The van der Waals surface area contributed by atoms with Crippen LogP contribution >= 0.6 is 0 Å². The van der Waals surface area contributed by atoms with E-state index in [4.69, 9.17) is 0 Å². The van der Waals surface area contributed by atoms with Crippen LogP contribution in [0.5, 0.6) is 0 Å². The minimum atomic E-state index is 0.328. The molecule has 2 heteroatoms. The standard InChI is InChI=1S/C16H31N.C15H29N/c1-15(2,3)14-11-12-9-7-8-10-13(12)17(14)16(4,5)6;1-14(2,3)13-10-11-8-7-9-12(11)16(13)15(4,5)6/h12-14H,7-11H2,1-6H3;11-13H,7-10H2,1-6H3/t12-,13-,14-;11-,12-,13-/m00/s1. The summed E-state index contributed by atoms with van der Waals surface area (Å²) in [5.74, 6) is 1.97. The van der Waals surface area contributed by atoms with Gasteiger partial charge in [0.15, 0.2) is 0 Å². The maximum atomic E-state index is 2.87. The van der Waals surface area contributed by atoms with Crippen molar-refractivity contribution in [3.05, 3.63) is 0 Å². The molecule has 0 aromatic heterocycles. The Balaban J connectivity index is 0.000000186. The van der Waals surface area contributed by atoms with E-state index < -0.39 is 0 Å². The van der Waals surface area contributed by atoms with Crippen LogP contribution < -0.4 is 0 Å². The summed E-state index contributed by atoms with van der Waals surface area (Å²) in [6, 6.07) is 3.30. The van der Waals surface area contributed by atoms with E-state index in [2.05, 4.69) is 92.9 Å². The fourth-order valence-electron chi connectivity index (χ4n) is 8.22. The first-order valence-electron chi connectivity index (χ1n) is 14.5. The van der Waals surface area contributed by atoms with Crippen molar-refractivity contribution in [2.45, 2.75) is 176 Å². The predicted octanol–water partition coefficient (Wildman–Crippen LogP) is 8.54. The SMILES string of the molecule is CC(C)(C)[C@@H]1C[C@@H]2CCCC[C@@H]2N1C(C)(C)C.CC(C)(C)[C@@H]1C[C@@H]2CCC[C@@H]2N1C(C)(C)C. The Bertz CT molecular complexity index is 638. The second-order valence-electron chi connectivity index (χ2n) is 16.3. The van der Waals surface area contributed by atoms with Crippen LogP contribution in [-0.4, -0.2) is 45.0 Å². The second-order valence-corrected chi connectivity index (χ2v) is 16.3. The molecule has 0 spiro atoms. The highest BCUT2D eigenvalue weighted by molar-refractivity contribution is 5.05. The van der Waals surface area contributed by atoms with Crippen LogP contribution in [0.2, 0.25) is 0 Å². The Labute approximate surface area is 208 Å². The Kier molecular flexibility index (Phi) is 7.85. The molecule has 194 valence electrons. The Hall–Kier alpha value is -0.0800. The van der Waals surface area contributed by atoms with E-state index in [0.29, 0.717) is 21.9 Å². The first-order chi connectivity index (χ1) is 14.9. The van der Waals surface area contributed by atoms with Crippen molar-refractivity contribution in [2.75, 3.05) is 0 Å². The topological polar surface area (TPSA) is 6.48 Å². The van der Waals surface area contributed by atoms with Gasteiger partial charge in [0.1, 0.15) is 0 Å². The summed E-state index contributed by atoms with van der Waals surface area (Å²) < 4.78 is 0. The summed E-state index contributed by atoms with van der Waals surface area (Å²) in [5.41, 5.74) is 1.51. The van der Waals surface area contributed by atoms with Gasteiger partial charge in [0.05, 0.1) is 0 Å². The van der Waals surface area contributed by atoms with Crippen LogP contribution in [0.25, 0.3) is 0 Å². The Morgan fingerprint density at radius 1 is 0.455 bits per heavy atom. The molecule has 4 aliphatic rings. The number of rotatable bonds is 0. The molecule has 33 heavy (non-hydrogen) atoms. The normalized spacial score (nSPS) is 36.4. The molecule has 2 heterocycles. The van der Waals surface area contributed by atoms with Gasteiger partial charge in [-0.15, -0.1) is 0 Å². The highest BCUT2D eigenvalue weighted by atomic mass is 15.3. The maximum absolute atomic E-state index is 2.87. The van der Waals surface area contributed by atoms with Gasteiger partial charge in [0.25, 0.3) is 0 Å². The average molecular weight is 461 g/mol. The minimum Gasteiger partial charge on any atom is -0.292 e. The second kappa shape index (κ2) is 9.42. The third-order valence-corrected chi connectivity index (χ3v) is 9.47. The summed E-state index contributed by atoms with van der Waals surface area (Å²) in [6.07, 6.45) is 13.1. The van der Waals surface area contributed by atoms with Crippen molar-refractivity contribution in [3.63, 3.8) is 0 Å². The quantitative estimate of drug-likeness (QED) is 0.357. The van der Waals surface area contributed by atoms with Crippen LogP contribution in [0.4, 0.5) is 0 Å². The number of likely N-dealkylation sites (tertiary alicyclic amines) is 2. The maximum Gasteiger partial charge on any atom is 0.0155 e. The van der Waals surface area contributed by atoms with Gasteiger partial charge in [-0.1, -0.05) is 60.8 Å². The molecule has 2 saturated heterocycles. The largest absolute Gasteiger partial charge is 0.292 e. The first-order valence-corrected chi connectivity index (χ1v) is 14.5. The van der Waals surface area contributed by atoms with Gasteiger partial charge in [-0.2, -0.15) is 0 Å². The molecule has 2 aliphatic heterocycles. The van der Waals surface area contributed by atoms with Crippen molar-refractivity contribution in [3.8, 4) is 0 Å². The summed E-state index contributed by atoms with van der Waals surface area (Å²) >= 11 is 0. The van der Waals surface area contributed by atoms with Crippen LogP contribution in [-0.2, 0) is 0 Å². The molecule has 0 aromatic rings. The fourth-order valence-corrected chi connectivity index (χ4v) is 8.22. The molecule has 0 radical (unpaired) electrons. The monoisotopic (exact) mass is 460 g/mol. The van der Waals surface area contributed by atoms with E-state index in [9.17, 15) is 0 Å². The molecule has 0 unspecified atom stereocenters. The smallest absolute Gasteiger partial charge is 0.0155 e. The van der Waals surface area contributed by atoms with Gasteiger partial charge >= 0.3 is 0 Å². The third kappa shape index (κ3) is 6.02. The highest BCUT2D eigenvalue weighted by Gasteiger charge is 2.51. The van der Waals surface area contributed by atoms with Gasteiger partial charge in [-0.3, -0.25) is 9.80 Å². The van der Waals surface area contributed by atoms with Gasteiger partial charge in [0, 0.05) is 35.2 Å². The zero-order chi connectivity index (χ0) is 25.0. The van der Waals surface area contributed by atoms with Crippen molar-refractivity contribution >= 4 is 0 Å². The van der Waals surface area contributed by atoms with Crippen LogP contribution in [0.3, 0.4) is 0 Å². The summed E-state index contributed by atoms with van der Waals surface area (Å²) in [4.78, 5) is 5.72.